The molecule has 0 amide bonds. The van der Waals surface area contributed by atoms with E-state index < -0.39 is 0 Å². The smallest absolute Gasteiger partial charge is 0.0698 e. The number of rotatable bonds is 6. The van der Waals surface area contributed by atoms with E-state index in [4.69, 9.17) is 4.74 Å². The van der Waals surface area contributed by atoms with E-state index >= 15 is 0 Å². The van der Waals surface area contributed by atoms with Crippen molar-refractivity contribution in [1.29, 1.82) is 0 Å². The van der Waals surface area contributed by atoms with Gasteiger partial charge in [0.15, 0.2) is 0 Å². The van der Waals surface area contributed by atoms with Gasteiger partial charge in [0.25, 0.3) is 0 Å². The molecule has 0 aromatic rings. The quantitative estimate of drug-likeness (QED) is 0.667. The summed E-state index contributed by atoms with van der Waals surface area (Å²) in [6.07, 6.45) is 5.90. The van der Waals surface area contributed by atoms with Crippen molar-refractivity contribution in [3.05, 3.63) is 0 Å². The summed E-state index contributed by atoms with van der Waals surface area (Å²) < 4.78 is 5.41. The highest BCUT2D eigenvalue weighted by Crippen LogP contribution is 2.27. The molecule has 0 radical (unpaired) electrons. The normalized spacial score (nSPS) is 28.2. The zero-order valence-electron chi connectivity index (χ0n) is 9.87. The van der Waals surface area contributed by atoms with Crippen LogP contribution in [-0.2, 0) is 4.74 Å². The molecule has 3 heteroatoms. The minimum absolute atomic E-state index is 0.474. The summed E-state index contributed by atoms with van der Waals surface area (Å²) >= 11 is 0. The van der Waals surface area contributed by atoms with Crippen LogP contribution < -0.4 is 5.32 Å². The predicted octanol–water partition coefficient (Wildman–Crippen LogP) is 1.10. The first-order chi connectivity index (χ1) is 7.38. The van der Waals surface area contributed by atoms with Gasteiger partial charge in [-0.25, -0.2) is 0 Å². The van der Waals surface area contributed by atoms with Crippen LogP contribution >= 0.6 is 0 Å². The van der Waals surface area contributed by atoms with Gasteiger partial charge in [-0.15, -0.1) is 0 Å². The SMILES string of the molecule is COC1CCCN(CCNCC2CC2)C1. The lowest BCUT2D eigenvalue weighted by Gasteiger charge is -2.31. The van der Waals surface area contributed by atoms with Crippen LogP contribution in [0.2, 0.25) is 0 Å². The van der Waals surface area contributed by atoms with Gasteiger partial charge >= 0.3 is 0 Å². The van der Waals surface area contributed by atoms with E-state index in [-0.39, 0.29) is 0 Å². The third-order valence-electron chi connectivity index (χ3n) is 3.53. The summed E-state index contributed by atoms with van der Waals surface area (Å²) in [6, 6.07) is 0. The van der Waals surface area contributed by atoms with E-state index in [1.165, 1.54) is 45.3 Å². The molecule has 0 aromatic carbocycles. The van der Waals surface area contributed by atoms with Gasteiger partial charge in [-0.2, -0.15) is 0 Å². The molecule has 1 N–H and O–H groups in total. The topological polar surface area (TPSA) is 24.5 Å². The number of methoxy groups -OCH3 is 1. The second-order valence-corrected chi connectivity index (χ2v) is 4.95. The number of hydrogen-bond acceptors (Lipinski definition) is 3. The number of hydrogen-bond donors (Lipinski definition) is 1. The molecule has 0 aromatic heterocycles. The van der Waals surface area contributed by atoms with E-state index in [2.05, 4.69) is 10.2 Å². The molecule has 15 heavy (non-hydrogen) atoms. The van der Waals surface area contributed by atoms with Gasteiger partial charge in [0.05, 0.1) is 6.10 Å². The van der Waals surface area contributed by atoms with Gasteiger partial charge in [-0.05, 0) is 44.7 Å². The van der Waals surface area contributed by atoms with Crippen molar-refractivity contribution in [2.75, 3.05) is 39.8 Å². The first-order valence-electron chi connectivity index (χ1n) is 6.34. The third kappa shape index (κ3) is 4.09. The summed E-state index contributed by atoms with van der Waals surface area (Å²) in [7, 11) is 1.83. The lowest BCUT2D eigenvalue weighted by Crippen LogP contribution is -2.42. The Hall–Kier alpha value is -0.120. The first kappa shape index (κ1) is 11.4. The molecule has 1 atom stereocenters. The third-order valence-corrected chi connectivity index (χ3v) is 3.53. The maximum atomic E-state index is 5.41. The van der Waals surface area contributed by atoms with Crippen molar-refractivity contribution < 1.29 is 4.74 Å². The zero-order valence-corrected chi connectivity index (χ0v) is 9.87. The van der Waals surface area contributed by atoms with Gasteiger partial charge in [0, 0.05) is 26.7 Å². The highest BCUT2D eigenvalue weighted by atomic mass is 16.5. The molecule has 1 aliphatic heterocycles. The minimum Gasteiger partial charge on any atom is -0.380 e. The average Bonchev–Trinajstić information content (AvgIpc) is 3.09. The highest BCUT2D eigenvalue weighted by Gasteiger charge is 2.21. The molecule has 1 aliphatic carbocycles. The Morgan fingerprint density at radius 1 is 1.33 bits per heavy atom. The van der Waals surface area contributed by atoms with Crippen molar-refractivity contribution >= 4 is 0 Å². The molecule has 3 nitrogen and oxygen atoms in total. The summed E-state index contributed by atoms with van der Waals surface area (Å²) in [4.78, 5) is 2.53. The Bertz CT molecular complexity index is 182. The van der Waals surface area contributed by atoms with Crippen molar-refractivity contribution in [1.82, 2.24) is 10.2 Å². The van der Waals surface area contributed by atoms with E-state index in [1.54, 1.807) is 0 Å². The fourth-order valence-electron chi connectivity index (χ4n) is 2.27. The number of likely N-dealkylation sites (tertiary alicyclic amines) is 1. The molecular weight excluding hydrogens is 188 g/mol. The Kier molecular flexibility index (Phi) is 4.42. The number of piperidine rings is 1. The molecule has 1 heterocycles. The van der Waals surface area contributed by atoms with Crippen LogP contribution in [0.15, 0.2) is 0 Å². The van der Waals surface area contributed by atoms with Crippen LogP contribution in [0.5, 0.6) is 0 Å². The van der Waals surface area contributed by atoms with Crippen LogP contribution in [0.1, 0.15) is 25.7 Å². The molecule has 88 valence electrons. The molecule has 2 rings (SSSR count). The monoisotopic (exact) mass is 212 g/mol. The second-order valence-electron chi connectivity index (χ2n) is 4.95. The summed E-state index contributed by atoms with van der Waals surface area (Å²) in [6.45, 7) is 5.95. The minimum atomic E-state index is 0.474. The van der Waals surface area contributed by atoms with Gasteiger partial charge in [-0.3, -0.25) is 4.90 Å². The number of nitrogens with zero attached hydrogens (tertiary/aromatic N) is 1. The maximum Gasteiger partial charge on any atom is 0.0698 e. The van der Waals surface area contributed by atoms with E-state index in [9.17, 15) is 0 Å². The molecule has 0 spiro atoms. The lowest BCUT2D eigenvalue weighted by atomic mass is 10.1. The molecule has 1 unspecified atom stereocenters. The molecular formula is C12H24N2O. The summed E-state index contributed by atoms with van der Waals surface area (Å²) in [5.74, 6) is 0.998. The Morgan fingerprint density at radius 2 is 2.20 bits per heavy atom. The molecule has 2 fully saturated rings. The molecule has 2 aliphatic rings. The number of nitrogens with one attached hydrogen (secondary N) is 1. The van der Waals surface area contributed by atoms with Gasteiger partial charge in [-0.1, -0.05) is 0 Å². The standard InChI is InChI=1S/C12H24N2O/c1-15-12-3-2-7-14(10-12)8-6-13-9-11-4-5-11/h11-13H,2-10H2,1H3. The van der Waals surface area contributed by atoms with Crippen LogP contribution in [0.25, 0.3) is 0 Å². The van der Waals surface area contributed by atoms with Crippen molar-refractivity contribution in [3.63, 3.8) is 0 Å². The van der Waals surface area contributed by atoms with Gasteiger partial charge in [0.1, 0.15) is 0 Å². The lowest BCUT2D eigenvalue weighted by molar-refractivity contribution is 0.0319. The number of ether oxygens (including phenoxy) is 1. The summed E-state index contributed by atoms with van der Waals surface area (Å²) in [5, 5.41) is 3.54. The molecule has 0 bridgehead atoms. The van der Waals surface area contributed by atoms with Crippen molar-refractivity contribution in [2.24, 2.45) is 5.92 Å². The van der Waals surface area contributed by atoms with Gasteiger partial charge < -0.3 is 10.1 Å². The Balaban J connectivity index is 1.52. The fourth-order valence-corrected chi connectivity index (χ4v) is 2.27. The van der Waals surface area contributed by atoms with Gasteiger partial charge in [0.2, 0.25) is 0 Å². The predicted molar refractivity (Wildman–Crippen MR) is 62.1 cm³/mol. The van der Waals surface area contributed by atoms with Crippen LogP contribution in [-0.4, -0.2) is 50.8 Å². The second kappa shape index (κ2) is 5.83. The zero-order chi connectivity index (χ0) is 10.5. The van der Waals surface area contributed by atoms with Crippen LogP contribution in [0.3, 0.4) is 0 Å². The Labute approximate surface area is 93.2 Å². The Morgan fingerprint density at radius 3 is 2.93 bits per heavy atom. The van der Waals surface area contributed by atoms with Crippen molar-refractivity contribution in [2.45, 2.75) is 31.8 Å². The van der Waals surface area contributed by atoms with E-state index in [1.807, 2.05) is 7.11 Å². The largest absolute Gasteiger partial charge is 0.380 e. The maximum absolute atomic E-state index is 5.41. The summed E-state index contributed by atoms with van der Waals surface area (Å²) in [5.41, 5.74) is 0. The van der Waals surface area contributed by atoms with Crippen molar-refractivity contribution in [3.8, 4) is 0 Å². The van der Waals surface area contributed by atoms with Crippen LogP contribution in [0.4, 0.5) is 0 Å². The molecule has 1 saturated heterocycles. The fraction of sp³-hybridized carbons (Fsp3) is 1.00. The first-order valence-corrected chi connectivity index (χ1v) is 6.34. The average molecular weight is 212 g/mol. The van der Waals surface area contributed by atoms with E-state index in [0.717, 1.165) is 19.0 Å². The van der Waals surface area contributed by atoms with E-state index in [0.29, 0.717) is 6.10 Å². The highest BCUT2D eigenvalue weighted by molar-refractivity contribution is 4.77. The van der Waals surface area contributed by atoms with Crippen LogP contribution in [0, 0.1) is 5.92 Å². The molecule has 1 saturated carbocycles.